The van der Waals surface area contributed by atoms with E-state index >= 15 is 0 Å². The molecule has 1 aromatic carbocycles. The number of carbonyl (C=O) groups excluding carboxylic acids is 1. The zero-order valence-electron chi connectivity index (χ0n) is 18.2. The van der Waals surface area contributed by atoms with Crippen LogP contribution in [0.25, 0.3) is 0 Å². The molecule has 0 radical (unpaired) electrons. The van der Waals surface area contributed by atoms with Crippen LogP contribution < -0.4 is 0 Å². The Morgan fingerprint density at radius 2 is 1.62 bits per heavy atom. The van der Waals surface area contributed by atoms with Crippen molar-refractivity contribution in [3.63, 3.8) is 0 Å². The van der Waals surface area contributed by atoms with Crippen molar-refractivity contribution in [1.29, 1.82) is 0 Å². The first-order valence-electron chi connectivity index (χ1n) is 10.1. The number of Topliss-reactive ketones (excluding diaryl/α,β-unsaturated/α-hetero) is 1. The highest BCUT2D eigenvalue weighted by Crippen LogP contribution is 2.37. The van der Waals surface area contributed by atoms with E-state index in [2.05, 4.69) is 71.1 Å². The van der Waals surface area contributed by atoms with Crippen molar-refractivity contribution in [2.75, 3.05) is 6.61 Å². The van der Waals surface area contributed by atoms with Crippen molar-refractivity contribution in [1.82, 2.24) is 0 Å². The highest BCUT2D eigenvalue weighted by Gasteiger charge is 2.36. The maximum absolute atomic E-state index is 11.8. The molecule has 0 N–H and O–H groups in total. The Bertz CT molecular complexity index is 545. The van der Waals surface area contributed by atoms with E-state index in [0.29, 0.717) is 12.2 Å². The first kappa shape index (κ1) is 23.1. The SMILES string of the molecule is CC(=O)CC(C)(CCCCO[Si](C)(C)C(C)(C)C)CCc1ccccc1. The Morgan fingerprint density at radius 3 is 2.15 bits per heavy atom. The quantitative estimate of drug-likeness (QED) is 0.314. The van der Waals surface area contributed by atoms with E-state index in [1.807, 2.05) is 0 Å². The van der Waals surface area contributed by atoms with Crippen LogP contribution in [0.2, 0.25) is 18.1 Å². The summed E-state index contributed by atoms with van der Waals surface area (Å²) in [5, 5.41) is 0.270. The molecule has 0 amide bonds. The fourth-order valence-electron chi connectivity index (χ4n) is 3.19. The number of aryl methyl sites for hydroxylation is 1. The monoisotopic (exact) mass is 376 g/mol. The molecular formula is C23H40O2Si. The number of hydrogen-bond donors (Lipinski definition) is 0. The molecule has 1 aromatic rings. The van der Waals surface area contributed by atoms with E-state index in [9.17, 15) is 4.79 Å². The molecular weight excluding hydrogens is 336 g/mol. The summed E-state index contributed by atoms with van der Waals surface area (Å²) in [5.74, 6) is 0.304. The van der Waals surface area contributed by atoms with E-state index < -0.39 is 8.32 Å². The Labute approximate surface area is 162 Å². The van der Waals surface area contributed by atoms with Crippen LogP contribution in [-0.2, 0) is 15.6 Å². The second kappa shape index (κ2) is 9.84. The summed E-state index contributed by atoms with van der Waals surface area (Å²) in [4.78, 5) is 11.8. The lowest BCUT2D eigenvalue weighted by atomic mass is 9.76. The van der Waals surface area contributed by atoms with Gasteiger partial charge in [-0.3, -0.25) is 0 Å². The van der Waals surface area contributed by atoms with Gasteiger partial charge in [0, 0.05) is 13.0 Å². The molecule has 0 aliphatic carbocycles. The Kier molecular flexibility index (Phi) is 8.75. The molecule has 148 valence electrons. The van der Waals surface area contributed by atoms with Crippen LogP contribution in [0.15, 0.2) is 30.3 Å². The van der Waals surface area contributed by atoms with Gasteiger partial charge in [0.1, 0.15) is 5.78 Å². The summed E-state index contributed by atoms with van der Waals surface area (Å²) in [6.07, 6.45) is 6.12. The van der Waals surface area contributed by atoms with E-state index in [-0.39, 0.29) is 10.5 Å². The van der Waals surface area contributed by atoms with Crippen molar-refractivity contribution >= 4 is 14.1 Å². The third kappa shape index (κ3) is 8.18. The average molecular weight is 377 g/mol. The van der Waals surface area contributed by atoms with Gasteiger partial charge < -0.3 is 9.22 Å². The maximum atomic E-state index is 11.8. The van der Waals surface area contributed by atoms with Crippen LogP contribution in [0.5, 0.6) is 0 Å². The summed E-state index contributed by atoms with van der Waals surface area (Å²) in [7, 11) is -1.64. The smallest absolute Gasteiger partial charge is 0.191 e. The fourth-order valence-corrected chi connectivity index (χ4v) is 4.28. The van der Waals surface area contributed by atoms with Gasteiger partial charge in [-0.2, -0.15) is 0 Å². The molecule has 0 saturated carbocycles. The van der Waals surface area contributed by atoms with Crippen LogP contribution in [0, 0.1) is 5.41 Å². The second-order valence-corrected chi connectivity index (χ2v) is 14.6. The van der Waals surface area contributed by atoms with E-state index in [1.165, 1.54) is 5.56 Å². The zero-order valence-corrected chi connectivity index (χ0v) is 19.2. The molecule has 1 unspecified atom stereocenters. The minimum atomic E-state index is -1.64. The Morgan fingerprint density at radius 1 is 1.00 bits per heavy atom. The Balaban J connectivity index is 2.48. The van der Waals surface area contributed by atoms with E-state index in [1.54, 1.807) is 6.92 Å². The molecule has 3 heteroatoms. The van der Waals surface area contributed by atoms with Crippen LogP contribution in [0.3, 0.4) is 0 Å². The standard InChI is InChI=1S/C23H40O2Si/c1-20(24)19-23(5,17-15-21-13-9-8-10-14-21)16-11-12-18-25-26(6,7)22(2,3)4/h8-10,13-14H,11-12,15-19H2,1-7H3. The molecule has 2 nitrogen and oxygen atoms in total. The lowest BCUT2D eigenvalue weighted by molar-refractivity contribution is -0.119. The number of hydrogen-bond acceptors (Lipinski definition) is 2. The molecule has 1 rings (SSSR count). The van der Waals surface area contributed by atoms with Crippen molar-refractivity contribution in [2.24, 2.45) is 5.41 Å². The van der Waals surface area contributed by atoms with Gasteiger partial charge in [-0.1, -0.05) is 64.4 Å². The van der Waals surface area contributed by atoms with Gasteiger partial charge in [-0.25, -0.2) is 0 Å². The highest BCUT2D eigenvalue weighted by molar-refractivity contribution is 6.74. The van der Waals surface area contributed by atoms with Crippen LogP contribution in [-0.4, -0.2) is 20.7 Å². The van der Waals surface area contributed by atoms with Crippen molar-refractivity contribution < 1.29 is 9.22 Å². The van der Waals surface area contributed by atoms with Crippen LogP contribution in [0.1, 0.15) is 72.3 Å². The minimum Gasteiger partial charge on any atom is -0.417 e. The van der Waals surface area contributed by atoms with Crippen molar-refractivity contribution in [2.45, 2.75) is 91.3 Å². The number of benzene rings is 1. The maximum Gasteiger partial charge on any atom is 0.191 e. The third-order valence-corrected chi connectivity index (χ3v) is 10.5. The van der Waals surface area contributed by atoms with Crippen molar-refractivity contribution in [3.05, 3.63) is 35.9 Å². The summed E-state index contributed by atoms with van der Waals surface area (Å²) in [5.41, 5.74) is 1.46. The summed E-state index contributed by atoms with van der Waals surface area (Å²) in [6.45, 7) is 16.3. The second-order valence-electron chi connectivity index (χ2n) is 9.74. The Hall–Kier alpha value is -0.933. The van der Waals surface area contributed by atoms with Crippen LogP contribution in [0.4, 0.5) is 0 Å². The molecule has 26 heavy (non-hydrogen) atoms. The zero-order chi connectivity index (χ0) is 19.8. The van der Waals surface area contributed by atoms with Gasteiger partial charge >= 0.3 is 0 Å². The van der Waals surface area contributed by atoms with Gasteiger partial charge in [-0.15, -0.1) is 0 Å². The topological polar surface area (TPSA) is 26.3 Å². The number of unbranched alkanes of at least 4 members (excludes halogenated alkanes) is 1. The lowest BCUT2D eigenvalue weighted by Gasteiger charge is -2.36. The van der Waals surface area contributed by atoms with Gasteiger partial charge in [0.25, 0.3) is 0 Å². The van der Waals surface area contributed by atoms with E-state index in [0.717, 1.165) is 38.7 Å². The molecule has 0 spiro atoms. The van der Waals surface area contributed by atoms with Gasteiger partial charge in [0.15, 0.2) is 8.32 Å². The first-order chi connectivity index (χ1) is 12.0. The highest BCUT2D eigenvalue weighted by atomic mass is 28.4. The lowest BCUT2D eigenvalue weighted by Crippen LogP contribution is -2.41. The summed E-state index contributed by atoms with van der Waals surface area (Å²) < 4.78 is 6.29. The molecule has 0 heterocycles. The molecule has 0 fully saturated rings. The van der Waals surface area contributed by atoms with Gasteiger partial charge in [-0.05, 0) is 61.7 Å². The third-order valence-electron chi connectivity index (χ3n) is 5.98. The van der Waals surface area contributed by atoms with E-state index in [4.69, 9.17) is 4.43 Å². The fraction of sp³-hybridized carbons (Fsp3) is 0.696. The van der Waals surface area contributed by atoms with Gasteiger partial charge in [0.05, 0.1) is 0 Å². The summed E-state index contributed by atoms with van der Waals surface area (Å²) >= 11 is 0. The summed E-state index contributed by atoms with van der Waals surface area (Å²) in [6, 6.07) is 10.6. The van der Waals surface area contributed by atoms with Crippen LogP contribution >= 0.6 is 0 Å². The normalized spacial score (nSPS) is 14.9. The first-order valence-corrected chi connectivity index (χ1v) is 13.0. The predicted molar refractivity (Wildman–Crippen MR) is 115 cm³/mol. The van der Waals surface area contributed by atoms with Crippen molar-refractivity contribution in [3.8, 4) is 0 Å². The number of carbonyl (C=O) groups is 1. The molecule has 0 aliphatic heterocycles. The average Bonchev–Trinajstić information content (AvgIpc) is 2.52. The largest absolute Gasteiger partial charge is 0.417 e. The molecule has 1 atom stereocenters. The number of rotatable bonds is 11. The van der Waals surface area contributed by atoms with Gasteiger partial charge in [0.2, 0.25) is 0 Å². The molecule has 0 bridgehead atoms. The molecule has 0 aromatic heterocycles. The predicted octanol–water partition coefficient (Wildman–Crippen LogP) is 6.80. The molecule has 0 aliphatic rings. The molecule has 0 saturated heterocycles. The number of ketones is 1. The minimum absolute atomic E-state index is 0.0959.